The monoisotopic (exact) mass is 314 g/mol. The average molecular weight is 315 g/mol. The van der Waals surface area contributed by atoms with Crippen molar-refractivity contribution in [3.63, 3.8) is 0 Å². The number of rotatable bonds is 3. The number of allylic oxidation sites excluding steroid dienone is 2. The summed E-state index contributed by atoms with van der Waals surface area (Å²) in [6.45, 7) is 6.68. The zero-order valence-electron chi connectivity index (χ0n) is 11.5. The molecule has 0 saturated heterocycles. The van der Waals surface area contributed by atoms with E-state index >= 15 is 0 Å². The van der Waals surface area contributed by atoms with Gasteiger partial charge < -0.3 is 4.74 Å². The second-order valence-corrected chi connectivity index (χ2v) is 6.52. The van der Waals surface area contributed by atoms with E-state index in [9.17, 15) is 4.79 Å². The Morgan fingerprint density at radius 1 is 1.50 bits per heavy atom. The lowest BCUT2D eigenvalue weighted by molar-refractivity contribution is -0.177. The van der Waals surface area contributed by atoms with Gasteiger partial charge in [0.1, 0.15) is 10.9 Å². The largest absolute Gasteiger partial charge is 0.458 e. The molecular formula is C15H23BrO2. The Morgan fingerprint density at radius 2 is 2.17 bits per heavy atom. The number of alkyl halides is 1. The highest BCUT2D eigenvalue weighted by Crippen LogP contribution is 2.51. The minimum absolute atomic E-state index is 0.116. The van der Waals surface area contributed by atoms with Gasteiger partial charge in [-0.05, 0) is 37.5 Å². The van der Waals surface area contributed by atoms with Crippen LogP contribution < -0.4 is 0 Å². The molecule has 102 valence electrons. The van der Waals surface area contributed by atoms with Crippen LogP contribution in [0.25, 0.3) is 0 Å². The van der Waals surface area contributed by atoms with Gasteiger partial charge in [-0.2, -0.15) is 0 Å². The summed E-state index contributed by atoms with van der Waals surface area (Å²) in [5.74, 6) is 1.45. The molecule has 0 aromatic carbocycles. The van der Waals surface area contributed by atoms with Gasteiger partial charge >= 0.3 is 5.97 Å². The maximum atomic E-state index is 11.7. The zero-order valence-corrected chi connectivity index (χ0v) is 13.1. The van der Waals surface area contributed by atoms with Crippen LogP contribution in [0.5, 0.6) is 0 Å². The Morgan fingerprint density at radius 3 is 2.72 bits per heavy atom. The fourth-order valence-electron chi connectivity index (χ4n) is 3.82. The standard InChI is InChI=1S/C15H23BrO2/c1-4-15(18-14(17)9-16)11(3)5-10(2)6-12-7-13(15)8-12/h6,10-11,13H,4-5,7-9H2,1-3H3. The molecule has 3 aliphatic carbocycles. The highest BCUT2D eigenvalue weighted by atomic mass is 79.9. The Bertz CT molecular complexity index is 356. The van der Waals surface area contributed by atoms with E-state index in [1.807, 2.05) is 0 Å². The average Bonchev–Trinajstić information content (AvgIpc) is 2.28. The van der Waals surface area contributed by atoms with Crippen molar-refractivity contribution >= 4 is 21.9 Å². The summed E-state index contributed by atoms with van der Waals surface area (Å²) < 4.78 is 5.91. The molecule has 0 N–H and O–H groups in total. The molecule has 0 aromatic heterocycles. The lowest BCUT2D eigenvalue weighted by atomic mass is 9.60. The Kier molecular flexibility index (Phi) is 4.20. The molecule has 0 aromatic rings. The van der Waals surface area contributed by atoms with Gasteiger partial charge in [0.05, 0.1) is 0 Å². The molecular weight excluding hydrogens is 292 g/mol. The number of hydrogen-bond acceptors (Lipinski definition) is 2. The third-order valence-corrected chi connectivity index (χ3v) is 5.21. The number of halogens is 1. The first-order chi connectivity index (χ1) is 8.51. The first-order valence-electron chi connectivity index (χ1n) is 6.99. The fourth-order valence-corrected chi connectivity index (χ4v) is 3.93. The van der Waals surface area contributed by atoms with E-state index in [2.05, 4.69) is 42.8 Å². The Labute approximate surface area is 118 Å². The van der Waals surface area contributed by atoms with Crippen LogP contribution in [-0.4, -0.2) is 16.9 Å². The smallest absolute Gasteiger partial charge is 0.317 e. The molecule has 0 heterocycles. The number of ether oxygens (including phenoxy) is 1. The second kappa shape index (κ2) is 5.36. The molecule has 2 bridgehead atoms. The fraction of sp³-hybridized carbons (Fsp3) is 0.800. The van der Waals surface area contributed by atoms with E-state index in [0.29, 0.717) is 23.1 Å². The van der Waals surface area contributed by atoms with Gasteiger partial charge in [-0.3, -0.25) is 4.79 Å². The maximum Gasteiger partial charge on any atom is 0.317 e. The van der Waals surface area contributed by atoms with E-state index in [0.717, 1.165) is 25.7 Å². The van der Waals surface area contributed by atoms with Crippen LogP contribution in [0.1, 0.15) is 46.5 Å². The molecule has 18 heavy (non-hydrogen) atoms. The Hall–Kier alpha value is -0.310. The molecule has 0 aliphatic heterocycles. The second-order valence-electron chi connectivity index (χ2n) is 5.96. The van der Waals surface area contributed by atoms with E-state index in [4.69, 9.17) is 4.74 Å². The van der Waals surface area contributed by atoms with E-state index in [-0.39, 0.29) is 11.6 Å². The minimum Gasteiger partial charge on any atom is -0.458 e. The molecule has 3 heteroatoms. The molecule has 0 amide bonds. The minimum atomic E-state index is -0.239. The number of hydrogen-bond donors (Lipinski definition) is 0. The van der Waals surface area contributed by atoms with Gasteiger partial charge in [0.25, 0.3) is 0 Å². The van der Waals surface area contributed by atoms with Crippen LogP contribution in [0.2, 0.25) is 0 Å². The predicted molar refractivity (Wildman–Crippen MR) is 76.7 cm³/mol. The number of esters is 1. The van der Waals surface area contributed by atoms with Crippen molar-refractivity contribution in [3.05, 3.63) is 11.6 Å². The van der Waals surface area contributed by atoms with E-state index in [1.165, 1.54) is 0 Å². The summed E-state index contributed by atoms with van der Waals surface area (Å²) in [5.41, 5.74) is 1.32. The maximum absolute atomic E-state index is 11.7. The van der Waals surface area contributed by atoms with E-state index in [1.54, 1.807) is 5.57 Å². The normalized spacial score (nSPS) is 39.1. The highest BCUT2D eigenvalue weighted by Gasteiger charge is 2.50. The molecule has 2 nitrogen and oxygen atoms in total. The molecule has 0 spiro atoms. The summed E-state index contributed by atoms with van der Waals surface area (Å²) in [5, 5.41) is 0.298. The topological polar surface area (TPSA) is 26.3 Å². The predicted octanol–water partition coefficient (Wildman–Crippen LogP) is 4.09. The first-order valence-corrected chi connectivity index (χ1v) is 8.11. The van der Waals surface area contributed by atoms with Gasteiger partial charge in [-0.25, -0.2) is 0 Å². The number of carbonyl (C=O) groups is 1. The summed E-state index contributed by atoms with van der Waals surface area (Å²) >= 11 is 3.21. The van der Waals surface area contributed by atoms with Gasteiger partial charge in [0.2, 0.25) is 0 Å². The van der Waals surface area contributed by atoms with Crippen molar-refractivity contribution in [2.24, 2.45) is 17.8 Å². The van der Waals surface area contributed by atoms with Crippen LogP contribution >= 0.6 is 15.9 Å². The molecule has 3 unspecified atom stereocenters. The summed E-state index contributed by atoms with van der Waals surface area (Å²) in [4.78, 5) is 11.7. The molecule has 3 rings (SSSR count). The Balaban J connectivity index is 2.26. The van der Waals surface area contributed by atoms with Crippen molar-refractivity contribution < 1.29 is 9.53 Å². The molecule has 3 atom stereocenters. The number of fused-ring (bicyclic) bond motifs is 4. The van der Waals surface area contributed by atoms with Crippen molar-refractivity contribution in [3.8, 4) is 0 Å². The SMILES string of the molecule is CCC1(OC(=O)CBr)C(C)CC(C)C=C2CC1C2. The highest BCUT2D eigenvalue weighted by molar-refractivity contribution is 9.09. The lowest BCUT2D eigenvalue weighted by Crippen LogP contribution is -2.52. The lowest BCUT2D eigenvalue weighted by Gasteiger charge is -2.51. The third-order valence-electron chi connectivity index (χ3n) is 4.75. The summed E-state index contributed by atoms with van der Waals surface area (Å²) in [6, 6.07) is 0. The van der Waals surface area contributed by atoms with Crippen molar-refractivity contribution in [1.82, 2.24) is 0 Å². The van der Waals surface area contributed by atoms with Crippen LogP contribution in [-0.2, 0) is 9.53 Å². The quantitative estimate of drug-likeness (QED) is 0.445. The first kappa shape index (κ1) is 14.1. The van der Waals surface area contributed by atoms with Crippen molar-refractivity contribution in [2.75, 3.05) is 5.33 Å². The van der Waals surface area contributed by atoms with E-state index < -0.39 is 0 Å². The van der Waals surface area contributed by atoms with Gasteiger partial charge in [-0.1, -0.05) is 48.4 Å². The van der Waals surface area contributed by atoms with Crippen molar-refractivity contribution in [1.29, 1.82) is 0 Å². The van der Waals surface area contributed by atoms with Crippen molar-refractivity contribution in [2.45, 2.75) is 52.1 Å². The molecule has 1 saturated carbocycles. The van der Waals surface area contributed by atoms with Gasteiger partial charge in [0.15, 0.2) is 0 Å². The van der Waals surface area contributed by atoms with Crippen LogP contribution in [0, 0.1) is 17.8 Å². The van der Waals surface area contributed by atoms with Crippen LogP contribution in [0.4, 0.5) is 0 Å². The van der Waals surface area contributed by atoms with Gasteiger partial charge in [-0.15, -0.1) is 0 Å². The summed E-state index contributed by atoms with van der Waals surface area (Å²) in [6.07, 6.45) is 6.72. The molecule has 3 aliphatic rings. The van der Waals surface area contributed by atoms with Crippen LogP contribution in [0.15, 0.2) is 11.6 Å². The zero-order chi connectivity index (χ0) is 13.3. The van der Waals surface area contributed by atoms with Gasteiger partial charge in [0, 0.05) is 5.92 Å². The van der Waals surface area contributed by atoms with Crippen LogP contribution in [0.3, 0.4) is 0 Å². The number of carbonyl (C=O) groups excluding carboxylic acids is 1. The molecule has 0 radical (unpaired) electrons. The molecule has 1 fully saturated rings. The summed E-state index contributed by atoms with van der Waals surface area (Å²) in [7, 11) is 0. The third kappa shape index (κ3) is 2.38.